The van der Waals surface area contributed by atoms with Gasteiger partial charge < -0.3 is 48.0 Å². The first-order chi connectivity index (χ1) is 6.83. The van der Waals surface area contributed by atoms with Crippen LogP contribution in [0.1, 0.15) is 43.2 Å². The summed E-state index contributed by atoms with van der Waals surface area (Å²) < 4.78 is 1.54. The second-order valence-corrected chi connectivity index (χ2v) is 4.82. The Labute approximate surface area is 144 Å². The number of unbranched alkanes of at least 4 members (excludes halogenated alkanes) is 1. The molecule has 2 rings (SSSR count). The third-order valence-corrected chi connectivity index (χ3v) is 3.67. The van der Waals surface area contributed by atoms with Crippen molar-refractivity contribution in [2.45, 2.75) is 32.1 Å². The Morgan fingerprint density at radius 3 is 2.56 bits per heavy atom. The number of hydrogen-bond acceptors (Lipinski definition) is 0. The van der Waals surface area contributed by atoms with Crippen molar-refractivity contribution < 1.29 is 68.4 Å². The van der Waals surface area contributed by atoms with Gasteiger partial charge in [0.05, 0.1) is 0 Å². The summed E-state index contributed by atoms with van der Waals surface area (Å²) in [7, 11) is 0. The summed E-state index contributed by atoms with van der Waals surface area (Å²) in [6.07, 6.45) is 6.29. The van der Waals surface area contributed by atoms with Crippen LogP contribution in [0.5, 0.6) is 0 Å². The Bertz CT molecular complexity index is 361. The zero-order valence-corrected chi connectivity index (χ0v) is 15.2. The number of hydrogen-bond donors (Lipinski definition) is 0. The van der Waals surface area contributed by atoms with E-state index in [0.29, 0.717) is 5.92 Å². The molecule has 0 spiro atoms. The SMILES string of the molecule is CCCCC1[C]([Ti+2])=Cc2ccccc21.[I-].[I-]. The fourth-order valence-electron chi connectivity index (χ4n) is 2.11. The monoisotopic (exact) mass is 473 g/mol. The Morgan fingerprint density at radius 1 is 1.19 bits per heavy atom. The maximum atomic E-state index is 2.34. The minimum atomic E-state index is 0. The molecule has 0 aliphatic heterocycles. The number of rotatable bonds is 3. The summed E-state index contributed by atoms with van der Waals surface area (Å²) in [5.74, 6) is 0.700. The van der Waals surface area contributed by atoms with Gasteiger partial charge in [-0.05, 0) is 0 Å². The van der Waals surface area contributed by atoms with E-state index in [-0.39, 0.29) is 48.0 Å². The molecule has 16 heavy (non-hydrogen) atoms. The number of benzene rings is 1. The molecule has 0 bridgehead atoms. The molecule has 1 aliphatic rings. The van der Waals surface area contributed by atoms with Gasteiger partial charge in [0.2, 0.25) is 0 Å². The minimum Gasteiger partial charge on any atom is -1.00 e. The predicted molar refractivity (Wildman–Crippen MR) is 56.7 cm³/mol. The maximum absolute atomic E-state index is 2.34. The molecule has 1 aromatic carbocycles. The molecule has 0 N–H and O–H groups in total. The number of allylic oxidation sites excluding steroid dienone is 1. The summed E-state index contributed by atoms with van der Waals surface area (Å²) in [6.45, 7) is 2.26. The quantitative estimate of drug-likeness (QED) is 0.348. The van der Waals surface area contributed by atoms with Crippen LogP contribution in [-0.4, -0.2) is 0 Å². The van der Waals surface area contributed by atoms with E-state index in [4.69, 9.17) is 0 Å². The van der Waals surface area contributed by atoms with Crippen LogP contribution in [0.15, 0.2) is 28.1 Å². The standard InChI is InChI=1S/C13H15.2HI.Ti/c1-2-3-6-11-9-10-12-7-4-5-8-13(11)12;;;/h4-5,7-8,10-11H,2-3,6H2,1H3;2*1H;/q;;;+2/p-2. The van der Waals surface area contributed by atoms with Crippen molar-refractivity contribution in [1.82, 2.24) is 0 Å². The van der Waals surface area contributed by atoms with Crippen LogP contribution in [0.4, 0.5) is 0 Å². The predicted octanol–water partition coefficient (Wildman–Crippen LogP) is -2.13. The third-order valence-electron chi connectivity index (χ3n) is 2.90. The Kier molecular flexibility index (Phi) is 8.86. The van der Waals surface area contributed by atoms with Gasteiger partial charge in [-0.2, -0.15) is 0 Å². The van der Waals surface area contributed by atoms with Crippen LogP contribution in [0.2, 0.25) is 0 Å². The van der Waals surface area contributed by atoms with Crippen molar-refractivity contribution in [2.24, 2.45) is 0 Å². The van der Waals surface area contributed by atoms with Crippen molar-refractivity contribution >= 4 is 6.08 Å². The van der Waals surface area contributed by atoms with E-state index in [1.807, 2.05) is 0 Å². The third kappa shape index (κ3) is 3.82. The smallest absolute Gasteiger partial charge is 1.00 e. The van der Waals surface area contributed by atoms with E-state index in [0.717, 1.165) is 0 Å². The van der Waals surface area contributed by atoms with Crippen molar-refractivity contribution in [2.75, 3.05) is 0 Å². The second kappa shape index (κ2) is 8.27. The van der Waals surface area contributed by atoms with Crippen LogP contribution >= 0.6 is 0 Å². The molecule has 0 saturated heterocycles. The van der Waals surface area contributed by atoms with E-state index >= 15 is 0 Å². The van der Waals surface area contributed by atoms with Crippen LogP contribution in [-0.2, 0) is 20.4 Å². The Morgan fingerprint density at radius 2 is 1.88 bits per heavy atom. The first kappa shape index (κ1) is 17.1. The van der Waals surface area contributed by atoms with Crippen LogP contribution in [0, 0.1) is 0 Å². The van der Waals surface area contributed by atoms with E-state index in [9.17, 15) is 0 Å². The van der Waals surface area contributed by atoms with Gasteiger partial charge in [0.15, 0.2) is 0 Å². The van der Waals surface area contributed by atoms with Crippen molar-refractivity contribution in [3.8, 4) is 0 Å². The van der Waals surface area contributed by atoms with E-state index in [2.05, 4.69) is 57.7 Å². The summed E-state index contributed by atoms with van der Waals surface area (Å²) in [4.78, 5) is 0. The van der Waals surface area contributed by atoms with Gasteiger partial charge in [-0.15, -0.1) is 0 Å². The first-order valence-electron chi connectivity index (χ1n) is 5.35. The van der Waals surface area contributed by atoms with Crippen LogP contribution < -0.4 is 48.0 Å². The summed E-state index contributed by atoms with van der Waals surface area (Å²) >= 11 is 2.26. The molecule has 0 heterocycles. The first-order valence-corrected chi connectivity index (χ1v) is 6.13. The molecule has 1 aromatic rings. The molecule has 1 aliphatic carbocycles. The Hall–Kier alpha value is 1.13. The molecule has 1 unspecified atom stereocenters. The molecule has 0 aromatic heterocycles. The van der Waals surface area contributed by atoms with Crippen molar-refractivity contribution in [3.05, 3.63) is 39.3 Å². The average Bonchev–Trinajstić information content (AvgIpc) is 2.51. The minimum absolute atomic E-state index is 0. The van der Waals surface area contributed by atoms with E-state index in [1.54, 1.807) is 9.44 Å². The molecule has 0 fully saturated rings. The molecule has 85 valence electrons. The van der Waals surface area contributed by atoms with E-state index < -0.39 is 0 Å². The van der Waals surface area contributed by atoms with E-state index in [1.165, 1.54) is 24.8 Å². The number of halogens is 2. The Balaban J connectivity index is 0.00000112. The molecule has 0 nitrogen and oxygen atoms in total. The largest absolute Gasteiger partial charge is 1.00 e. The van der Waals surface area contributed by atoms with Gasteiger partial charge in [-0.25, -0.2) is 0 Å². The maximum Gasteiger partial charge on any atom is -1.00 e. The van der Waals surface area contributed by atoms with Crippen molar-refractivity contribution in [3.63, 3.8) is 0 Å². The second-order valence-electron chi connectivity index (χ2n) is 3.92. The molecule has 0 saturated carbocycles. The molecular weight excluding hydrogens is 458 g/mol. The van der Waals surface area contributed by atoms with Gasteiger partial charge in [0.25, 0.3) is 0 Å². The van der Waals surface area contributed by atoms with Crippen molar-refractivity contribution in [1.29, 1.82) is 0 Å². The molecular formula is C13H15I2Ti. The molecule has 3 heteroatoms. The fraction of sp³-hybridized carbons (Fsp3) is 0.385. The fourth-order valence-corrected chi connectivity index (χ4v) is 2.83. The zero-order valence-electron chi connectivity index (χ0n) is 9.34. The van der Waals surface area contributed by atoms with Gasteiger partial charge in [0, 0.05) is 0 Å². The normalized spacial score (nSPS) is 16.9. The van der Waals surface area contributed by atoms with Gasteiger partial charge in [0.1, 0.15) is 0 Å². The van der Waals surface area contributed by atoms with Gasteiger partial charge >= 0.3 is 97.9 Å². The average molecular weight is 473 g/mol. The van der Waals surface area contributed by atoms with Gasteiger partial charge in [-0.3, -0.25) is 0 Å². The van der Waals surface area contributed by atoms with Crippen LogP contribution in [0.25, 0.3) is 6.08 Å². The molecule has 0 radical (unpaired) electrons. The van der Waals surface area contributed by atoms with Crippen LogP contribution in [0.3, 0.4) is 0 Å². The zero-order chi connectivity index (χ0) is 9.97. The van der Waals surface area contributed by atoms with Gasteiger partial charge in [-0.1, -0.05) is 0 Å². The molecule has 0 amide bonds. The topological polar surface area (TPSA) is 0 Å². The summed E-state index contributed by atoms with van der Waals surface area (Å²) in [5, 5.41) is 0. The molecule has 1 atom stereocenters. The summed E-state index contributed by atoms with van der Waals surface area (Å²) in [6, 6.07) is 8.79. The number of fused-ring (bicyclic) bond motifs is 1. The summed E-state index contributed by atoms with van der Waals surface area (Å²) in [5.41, 5.74) is 2.98.